The van der Waals surface area contributed by atoms with E-state index in [1.807, 2.05) is 18.2 Å². The van der Waals surface area contributed by atoms with Crippen LogP contribution in [0.1, 0.15) is 28.8 Å². The van der Waals surface area contributed by atoms with Crippen molar-refractivity contribution < 1.29 is 4.79 Å². The van der Waals surface area contributed by atoms with Gasteiger partial charge in [-0.15, -0.1) is 0 Å². The third-order valence-corrected chi connectivity index (χ3v) is 4.83. The summed E-state index contributed by atoms with van der Waals surface area (Å²) in [6.45, 7) is 1.76. The van der Waals surface area contributed by atoms with Gasteiger partial charge in [0, 0.05) is 36.4 Å². The van der Waals surface area contributed by atoms with Gasteiger partial charge in [0.25, 0.3) is 11.5 Å². The standard InChI is InChI=1S/C19H22ClN3O2/c1-22(16-7-8-16)11-10-21-19(25)15-6-9-18(24)23(13-15)12-14-4-2-3-5-17(14)20/h2-6,9,13,16H,7-8,10-12H2,1H3,(H,21,25). The number of hydrogen-bond acceptors (Lipinski definition) is 3. The Balaban J connectivity index is 1.65. The van der Waals surface area contributed by atoms with Gasteiger partial charge in [-0.1, -0.05) is 29.8 Å². The number of nitrogens with zero attached hydrogens (tertiary/aromatic N) is 2. The van der Waals surface area contributed by atoms with E-state index in [2.05, 4.69) is 17.3 Å². The van der Waals surface area contributed by atoms with E-state index >= 15 is 0 Å². The number of nitrogens with one attached hydrogen (secondary N) is 1. The molecule has 1 aliphatic carbocycles. The third-order valence-electron chi connectivity index (χ3n) is 4.46. The van der Waals surface area contributed by atoms with Gasteiger partial charge in [0.2, 0.25) is 0 Å². The van der Waals surface area contributed by atoms with Crippen molar-refractivity contribution in [3.8, 4) is 0 Å². The number of hydrogen-bond donors (Lipinski definition) is 1. The van der Waals surface area contributed by atoms with Gasteiger partial charge in [-0.3, -0.25) is 9.59 Å². The normalized spacial score (nSPS) is 13.9. The van der Waals surface area contributed by atoms with E-state index in [9.17, 15) is 9.59 Å². The van der Waals surface area contributed by atoms with Crippen molar-refractivity contribution >= 4 is 17.5 Å². The molecule has 0 unspecified atom stereocenters. The smallest absolute Gasteiger partial charge is 0.252 e. The number of pyridine rings is 1. The zero-order chi connectivity index (χ0) is 17.8. The molecule has 0 bridgehead atoms. The van der Waals surface area contributed by atoms with Crippen molar-refractivity contribution in [3.05, 3.63) is 69.1 Å². The van der Waals surface area contributed by atoms with E-state index in [0.29, 0.717) is 29.7 Å². The molecule has 0 aliphatic heterocycles. The lowest BCUT2D eigenvalue weighted by atomic mass is 10.2. The topological polar surface area (TPSA) is 54.3 Å². The zero-order valence-electron chi connectivity index (χ0n) is 14.2. The summed E-state index contributed by atoms with van der Waals surface area (Å²) in [7, 11) is 2.08. The fourth-order valence-corrected chi connectivity index (χ4v) is 2.94. The Morgan fingerprint density at radius 2 is 2.04 bits per heavy atom. The molecule has 3 rings (SSSR count). The van der Waals surface area contributed by atoms with Gasteiger partial charge in [0.1, 0.15) is 0 Å². The summed E-state index contributed by atoms with van der Waals surface area (Å²) in [6, 6.07) is 11.0. The molecule has 1 aromatic carbocycles. The van der Waals surface area contributed by atoms with Gasteiger partial charge < -0.3 is 14.8 Å². The van der Waals surface area contributed by atoms with Crippen LogP contribution in [-0.2, 0) is 6.54 Å². The maximum atomic E-state index is 12.3. The predicted octanol–water partition coefficient (Wildman–Crippen LogP) is 2.37. The molecule has 132 valence electrons. The highest BCUT2D eigenvalue weighted by Gasteiger charge is 2.25. The van der Waals surface area contributed by atoms with Gasteiger partial charge >= 0.3 is 0 Å². The van der Waals surface area contributed by atoms with Gasteiger partial charge in [0.15, 0.2) is 0 Å². The van der Waals surface area contributed by atoms with Crippen molar-refractivity contribution in [2.24, 2.45) is 0 Å². The molecule has 1 fully saturated rings. The van der Waals surface area contributed by atoms with E-state index in [0.717, 1.165) is 12.1 Å². The second-order valence-electron chi connectivity index (χ2n) is 6.44. The van der Waals surface area contributed by atoms with E-state index in [4.69, 9.17) is 11.6 Å². The van der Waals surface area contributed by atoms with Crippen LogP contribution in [0.4, 0.5) is 0 Å². The highest BCUT2D eigenvalue weighted by Crippen LogP contribution is 2.24. The lowest BCUT2D eigenvalue weighted by Gasteiger charge is -2.16. The van der Waals surface area contributed by atoms with Gasteiger partial charge in [-0.25, -0.2) is 0 Å². The van der Waals surface area contributed by atoms with E-state index in [1.165, 1.54) is 23.5 Å². The highest BCUT2D eigenvalue weighted by molar-refractivity contribution is 6.31. The Hall–Kier alpha value is -2.11. The molecule has 0 spiro atoms. The average molecular weight is 360 g/mol. The molecule has 1 saturated carbocycles. The Kier molecular flexibility index (Phi) is 5.56. The Labute approximate surface area is 152 Å². The molecule has 2 aromatic rings. The maximum Gasteiger partial charge on any atom is 0.252 e. The first-order chi connectivity index (χ1) is 12.0. The number of benzene rings is 1. The molecule has 1 amide bonds. The summed E-state index contributed by atoms with van der Waals surface area (Å²) < 4.78 is 1.51. The molecule has 5 nitrogen and oxygen atoms in total. The molecular weight excluding hydrogens is 338 g/mol. The van der Waals surface area contributed by atoms with Crippen molar-refractivity contribution in [1.82, 2.24) is 14.8 Å². The van der Waals surface area contributed by atoms with Gasteiger partial charge in [-0.2, -0.15) is 0 Å². The van der Waals surface area contributed by atoms with Crippen molar-refractivity contribution in [3.63, 3.8) is 0 Å². The van der Waals surface area contributed by atoms with Crippen LogP contribution in [-0.4, -0.2) is 41.6 Å². The number of rotatable bonds is 7. The minimum Gasteiger partial charge on any atom is -0.351 e. The molecule has 1 aliphatic rings. The Bertz CT molecular complexity index is 814. The van der Waals surface area contributed by atoms with Crippen LogP contribution in [0.5, 0.6) is 0 Å². The lowest BCUT2D eigenvalue weighted by molar-refractivity contribution is 0.0948. The van der Waals surface area contributed by atoms with E-state index < -0.39 is 0 Å². The van der Waals surface area contributed by atoms with Crippen LogP contribution in [0.25, 0.3) is 0 Å². The quantitative estimate of drug-likeness (QED) is 0.825. The molecule has 6 heteroatoms. The number of carbonyl (C=O) groups is 1. The number of carbonyl (C=O) groups excluding carboxylic acids is 1. The summed E-state index contributed by atoms with van der Waals surface area (Å²) in [5.41, 5.74) is 1.15. The van der Waals surface area contributed by atoms with Crippen LogP contribution >= 0.6 is 11.6 Å². The Morgan fingerprint density at radius 1 is 1.28 bits per heavy atom. The first kappa shape index (κ1) is 17.7. The summed E-state index contributed by atoms with van der Waals surface area (Å²) in [6.07, 6.45) is 4.08. The van der Waals surface area contributed by atoms with Crippen LogP contribution < -0.4 is 10.9 Å². The molecule has 25 heavy (non-hydrogen) atoms. The summed E-state index contributed by atoms with van der Waals surface area (Å²) in [5.74, 6) is -0.169. The third kappa shape index (κ3) is 4.71. The first-order valence-electron chi connectivity index (χ1n) is 8.47. The molecule has 0 saturated heterocycles. The average Bonchev–Trinajstić information content (AvgIpc) is 3.43. The molecule has 0 radical (unpaired) electrons. The largest absolute Gasteiger partial charge is 0.351 e. The molecule has 1 aromatic heterocycles. The van der Waals surface area contributed by atoms with Crippen molar-refractivity contribution in [1.29, 1.82) is 0 Å². The molecular formula is C19H22ClN3O2. The van der Waals surface area contributed by atoms with E-state index in [1.54, 1.807) is 18.3 Å². The number of halogens is 1. The highest BCUT2D eigenvalue weighted by atomic mass is 35.5. The van der Waals surface area contributed by atoms with Crippen LogP contribution in [0, 0.1) is 0 Å². The minimum absolute atomic E-state index is 0.162. The number of aromatic nitrogens is 1. The first-order valence-corrected chi connectivity index (χ1v) is 8.85. The summed E-state index contributed by atoms with van der Waals surface area (Å²) in [4.78, 5) is 26.7. The lowest BCUT2D eigenvalue weighted by Crippen LogP contribution is -2.34. The predicted molar refractivity (Wildman–Crippen MR) is 99.2 cm³/mol. The van der Waals surface area contributed by atoms with Crippen LogP contribution in [0.3, 0.4) is 0 Å². The van der Waals surface area contributed by atoms with Crippen molar-refractivity contribution in [2.75, 3.05) is 20.1 Å². The monoisotopic (exact) mass is 359 g/mol. The van der Waals surface area contributed by atoms with Crippen LogP contribution in [0.15, 0.2) is 47.4 Å². The summed E-state index contributed by atoms with van der Waals surface area (Å²) >= 11 is 6.16. The fraction of sp³-hybridized carbons (Fsp3) is 0.368. The maximum absolute atomic E-state index is 12.3. The number of likely N-dealkylation sites (N-methyl/N-ethyl adjacent to an activating group) is 1. The second kappa shape index (κ2) is 7.85. The SMILES string of the molecule is CN(CCNC(=O)c1ccc(=O)n(Cc2ccccc2Cl)c1)C1CC1. The summed E-state index contributed by atoms with van der Waals surface area (Å²) in [5, 5.41) is 3.52. The van der Waals surface area contributed by atoms with Crippen molar-refractivity contribution in [2.45, 2.75) is 25.4 Å². The minimum atomic E-state index is -0.169. The van der Waals surface area contributed by atoms with Gasteiger partial charge in [0.05, 0.1) is 12.1 Å². The second-order valence-corrected chi connectivity index (χ2v) is 6.85. The zero-order valence-corrected chi connectivity index (χ0v) is 15.0. The van der Waals surface area contributed by atoms with Crippen LogP contribution in [0.2, 0.25) is 5.02 Å². The molecule has 1 heterocycles. The molecule has 1 N–H and O–H groups in total. The fourth-order valence-electron chi connectivity index (χ4n) is 2.75. The van der Waals surface area contributed by atoms with Gasteiger partial charge in [-0.05, 0) is 37.6 Å². The Morgan fingerprint density at radius 3 is 2.76 bits per heavy atom. The van der Waals surface area contributed by atoms with E-state index in [-0.39, 0.29) is 11.5 Å². The molecule has 0 atom stereocenters. The number of amides is 1.